The van der Waals surface area contributed by atoms with Crippen molar-refractivity contribution in [1.29, 1.82) is 0 Å². The normalized spacial score (nSPS) is 25.5. The summed E-state index contributed by atoms with van der Waals surface area (Å²) in [5.41, 5.74) is 1.91. The maximum Gasteiger partial charge on any atom is 0.320 e. The second kappa shape index (κ2) is 9.94. The van der Waals surface area contributed by atoms with Crippen LogP contribution in [0.4, 0.5) is 10.6 Å². The van der Waals surface area contributed by atoms with Gasteiger partial charge in [-0.15, -0.1) is 0 Å². The van der Waals surface area contributed by atoms with Gasteiger partial charge in [-0.25, -0.2) is 19.7 Å². The molecule has 5 rings (SSSR count). The zero-order chi connectivity index (χ0) is 24.4. The number of carboxylic acids is 1. The Hall–Kier alpha value is -3.61. The molecule has 2 aromatic heterocycles. The summed E-state index contributed by atoms with van der Waals surface area (Å²) in [4.78, 5) is 36.1. The number of aliphatic carboxylic acids is 1. The van der Waals surface area contributed by atoms with Crippen LogP contribution in [0.3, 0.4) is 0 Å². The van der Waals surface area contributed by atoms with Gasteiger partial charge in [0.1, 0.15) is 18.5 Å². The van der Waals surface area contributed by atoms with Gasteiger partial charge in [0.05, 0.1) is 12.4 Å². The molecule has 2 aliphatic heterocycles. The van der Waals surface area contributed by atoms with Crippen molar-refractivity contribution in [3.63, 3.8) is 0 Å². The summed E-state index contributed by atoms with van der Waals surface area (Å²) in [6.45, 7) is 2.28. The summed E-state index contributed by atoms with van der Waals surface area (Å²) < 4.78 is 20.4. The maximum atomic E-state index is 12.0. The van der Waals surface area contributed by atoms with Gasteiger partial charge in [0.15, 0.2) is 29.5 Å². The number of carbonyl (C=O) groups is 2. The van der Waals surface area contributed by atoms with E-state index < -0.39 is 42.8 Å². The number of nitrogens with zero attached hydrogens (tertiary/aromatic N) is 4. The van der Waals surface area contributed by atoms with Crippen molar-refractivity contribution in [2.75, 3.05) is 11.9 Å². The number of rotatable bonds is 8. The predicted octanol–water partition coefficient (Wildman–Crippen LogP) is 2.08. The molecule has 0 saturated carbocycles. The topological polar surface area (TPSA) is 150 Å². The van der Waals surface area contributed by atoms with Crippen molar-refractivity contribution in [3.05, 3.63) is 48.5 Å². The van der Waals surface area contributed by atoms with Gasteiger partial charge in [-0.3, -0.25) is 14.7 Å². The summed E-state index contributed by atoms with van der Waals surface area (Å²) in [6, 6.07) is 9.46. The highest BCUT2D eigenvalue weighted by Crippen LogP contribution is 2.42. The highest BCUT2D eigenvalue weighted by Gasteiger charge is 2.53. The average molecular weight is 482 g/mol. The van der Waals surface area contributed by atoms with Crippen molar-refractivity contribution < 1.29 is 28.9 Å². The van der Waals surface area contributed by atoms with Crippen molar-refractivity contribution in [1.82, 2.24) is 24.8 Å². The van der Waals surface area contributed by atoms with Crippen LogP contribution in [0.25, 0.3) is 11.2 Å². The van der Waals surface area contributed by atoms with Gasteiger partial charge in [0.25, 0.3) is 0 Å². The molecule has 0 bridgehead atoms. The standard InChI is InChI=1S/C23H26N6O6/c1-2-24-23(32)28-20-17-21(26-11-25-20)29(12-27-17)22-19-18(14(33-22)8-9-15(30)31)34-16(35-19)10-13-6-4-3-5-7-13/h3-7,11-12,14,16,18-19,22H,2,8-10H2,1H3,(H,30,31)(H2,24,25,26,28,32)/t14-,16+,18+,19?,22-/m1/s1. The van der Waals surface area contributed by atoms with E-state index in [4.69, 9.17) is 14.2 Å². The number of carbonyl (C=O) groups excluding carboxylic acids is 1. The summed E-state index contributed by atoms with van der Waals surface area (Å²) in [5, 5.41) is 14.5. The molecule has 3 N–H and O–H groups in total. The number of imidazole rings is 1. The first-order valence-electron chi connectivity index (χ1n) is 11.5. The SMILES string of the molecule is CCNC(=O)Nc1ncnc2c1ncn2[C@@H]1O[C@H](CCC(=O)O)[C@@H]2O[C@H](Cc3ccccc3)OC21. The zero-order valence-electron chi connectivity index (χ0n) is 19.0. The van der Waals surface area contributed by atoms with Gasteiger partial charge in [0, 0.05) is 19.4 Å². The summed E-state index contributed by atoms with van der Waals surface area (Å²) >= 11 is 0. The number of nitrogens with one attached hydrogen (secondary N) is 2. The quantitative estimate of drug-likeness (QED) is 0.438. The Labute approximate surface area is 200 Å². The molecule has 0 radical (unpaired) electrons. The highest BCUT2D eigenvalue weighted by atomic mass is 16.8. The first-order chi connectivity index (χ1) is 17.0. The molecule has 2 amide bonds. The number of hydrogen-bond acceptors (Lipinski definition) is 8. The third-order valence-corrected chi connectivity index (χ3v) is 5.99. The van der Waals surface area contributed by atoms with Crippen LogP contribution in [-0.2, 0) is 25.4 Å². The molecule has 5 atom stereocenters. The first kappa shape index (κ1) is 23.1. The van der Waals surface area contributed by atoms with Crippen molar-refractivity contribution >= 4 is 29.0 Å². The minimum atomic E-state index is -0.907. The number of benzene rings is 1. The average Bonchev–Trinajstić information content (AvgIpc) is 3.53. The number of hydrogen-bond donors (Lipinski definition) is 3. The predicted molar refractivity (Wildman–Crippen MR) is 122 cm³/mol. The number of anilines is 1. The number of aromatic nitrogens is 4. The molecule has 12 heteroatoms. The van der Waals surface area contributed by atoms with Crippen LogP contribution >= 0.6 is 0 Å². The van der Waals surface area contributed by atoms with E-state index in [1.54, 1.807) is 10.9 Å². The molecular formula is C23H26N6O6. The van der Waals surface area contributed by atoms with Crippen molar-refractivity contribution in [2.24, 2.45) is 0 Å². The zero-order valence-corrected chi connectivity index (χ0v) is 19.0. The van der Waals surface area contributed by atoms with E-state index in [1.165, 1.54) is 6.33 Å². The number of ether oxygens (including phenoxy) is 3. The Morgan fingerprint density at radius 2 is 1.89 bits per heavy atom. The molecule has 184 valence electrons. The molecule has 12 nitrogen and oxygen atoms in total. The molecule has 2 fully saturated rings. The van der Waals surface area contributed by atoms with Crippen LogP contribution in [0.15, 0.2) is 43.0 Å². The Balaban J connectivity index is 1.41. The fraction of sp³-hybridized carbons (Fsp3) is 0.435. The van der Waals surface area contributed by atoms with Crippen LogP contribution in [0.5, 0.6) is 0 Å². The monoisotopic (exact) mass is 482 g/mol. The Morgan fingerprint density at radius 3 is 2.66 bits per heavy atom. The van der Waals surface area contributed by atoms with Gasteiger partial charge in [-0.05, 0) is 18.9 Å². The largest absolute Gasteiger partial charge is 0.481 e. The van der Waals surface area contributed by atoms with E-state index in [2.05, 4.69) is 25.6 Å². The van der Waals surface area contributed by atoms with E-state index in [0.717, 1.165) is 5.56 Å². The Morgan fingerprint density at radius 1 is 1.09 bits per heavy atom. The summed E-state index contributed by atoms with van der Waals surface area (Å²) in [7, 11) is 0. The second-order valence-electron chi connectivity index (χ2n) is 8.35. The van der Waals surface area contributed by atoms with Gasteiger partial charge >= 0.3 is 12.0 Å². The Kier molecular flexibility index (Phi) is 6.57. The van der Waals surface area contributed by atoms with Crippen LogP contribution in [-0.4, -0.2) is 67.8 Å². The summed E-state index contributed by atoms with van der Waals surface area (Å²) in [6.07, 6.45) is 1.12. The number of amides is 2. The smallest absolute Gasteiger partial charge is 0.320 e. The lowest BCUT2D eigenvalue weighted by atomic mass is 10.1. The molecule has 2 saturated heterocycles. The fourth-order valence-electron chi connectivity index (χ4n) is 4.47. The van der Waals surface area contributed by atoms with Gasteiger partial charge in [-0.1, -0.05) is 30.3 Å². The molecular weight excluding hydrogens is 456 g/mol. The van der Waals surface area contributed by atoms with E-state index in [0.29, 0.717) is 24.1 Å². The van der Waals surface area contributed by atoms with E-state index in [1.807, 2.05) is 37.3 Å². The molecule has 0 spiro atoms. The molecule has 4 heterocycles. The number of fused-ring (bicyclic) bond motifs is 2. The number of urea groups is 1. The fourth-order valence-corrected chi connectivity index (χ4v) is 4.47. The molecule has 0 aliphatic carbocycles. The van der Waals surface area contributed by atoms with Gasteiger partial charge < -0.3 is 24.6 Å². The van der Waals surface area contributed by atoms with Crippen molar-refractivity contribution in [2.45, 2.75) is 57.0 Å². The second-order valence-corrected chi connectivity index (χ2v) is 8.35. The lowest BCUT2D eigenvalue weighted by molar-refractivity contribution is -0.148. The highest BCUT2D eigenvalue weighted by molar-refractivity contribution is 5.95. The Bertz CT molecular complexity index is 1200. The lowest BCUT2D eigenvalue weighted by Gasteiger charge is -2.21. The van der Waals surface area contributed by atoms with E-state index >= 15 is 0 Å². The molecule has 35 heavy (non-hydrogen) atoms. The first-order valence-corrected chi connectivity index (χ1v) is 11.5. The minimum Gasteiger partial charge on any atom is -0.481 e. The van der Waals surface area contributed by atoms with E-state index in [9.17, 15) is 14.7 Å². The van der Waals surface area contributed by atoms with E-state index in [-0.39, 0.29) is 18.7 Å². The van der Waals surface area contributed by atoms with Crippen molar-refractivity contribution in [3.8, 4) is 0 Å². The minimum absolute atomic E-state index is 0.0548. The lowest BCUT2D eigenvalue weighted by Crippen LogP contribution is -2.29. The van der Waals surface area contributed by atoms with Crippen LogP contribution in [0.1, 0.15) is 31.6 Å². The third-order valence-electron chi connectivity index (χ3n) is 5.99. The molecule has 2 aliphatic rings. The maximum absolute atomic E-state index is 12.0. The van der Waals surface area contributed by atoms with Crippen LogP contribution in [0, 0.1) is 0 Å². The number of carboxylic acid groups (broad SMARTS) is 1. The molecule has 3 aromatic rings. The van der Waals surface area contributed by atoms with Crippen LogP contribution < -0.4 is 10.6 Å². The molecule has 1 aromatic carbocycles. The third kappa shape index (κ3) is 4.81. The molecule has 1 unspecified atom stereocenters. The summed E-state index contributed by atoms with van der Waals surface area (Å²) in [5.74, 6) is -0.641. The van der Waals surface area contributed by atoms with Crippen LogP contribution in [0.2, 0.25) is 0 Å². The van der Waals surface area contributed by atoms with Gasteiger partial charge in [-0.2, -0.15) is 0 Å². The van der Waals surface area contributed by atoms with Gasteiger partial charge in [0.2, 0.25) is 0 Å².